The molecule has 0 spiro atoms. The zero-order valence-electron chi connectivity index (χ0n) is 10.8. The first kappa shape index (κ1) is 12.3. The van der Waals surface area contributed by atoms with E-state index in [0.717, 1.165) is 37.1 Å². The predicted molar refractivity (Wildman–Crippen MR) is 69.9 cm³/mol. The van der Waals surface area contributed by atoms with Gasteiger partial charge in [-0.15, -0.1) is 0 Å². The van der Waals surface area contributed by atoms with Gasteiger partial charge in [0.2, 0.25) is 0 Å². The van der Waals surface area contributed by atoms with Crippen LogP contribution in [0.3, 0.4) is 0 Å². The van der Waals surface area contributed by atoms with E-state index in [0.29, 0.717) is 0 Å². The molecule has 17 heavy (non-hydrogen) atoms. The zero-order valence-corrected chi connectivity index (χ0v) is 10.8. The van der Waals surface area contributed by atoms with Gasteiger partial charge in [0.25, 0.3) is 0 Å². The fourth-order valence-corrected chi connectivity index (χ4v) is 1.99. The van der Waals surface area contributed by atoms with E-state index in [1.807, 2.05) is 12.4 Å². The number of rotatable bonds is 6. The summed E-state index contributed by atoms with van der Waals surface area (Å²) in [5.74, 6) is 0.877. The molecule has 0 radical (unpaired) electrons. The first-order valence-corrected chi connectivity index (χ1v) is 6.54. The normalized spacial score (nSPS) is 15.9. The van der Waals surface area contributed by atoms with Gasteiger partial charge in [0.15, 0.2) is 0 Å². The lowest BCUT2D eigenvalue weighted by atomic mass is 9.92. The van der Waals surface area contributed by atoms with Gasteiger partial charge in [-0.05, 0) is 26.3 Å². The minimum atomic E-state index is 0.759. The fourth-order valence-electron chi connectivity index (χ4n) is 1.99. The van der Waals surface area contributed by atoms with Gasteiger partial charge in [-0.1, -0.05) is 13.3 Å². The standard InChI is InChI=1S/C13H22N4/c1-3-7-14-13-9-15-11(8-16-13)10-17(2)12-5-4-6-12/h8-9,12H,3-7,10H2,1-2H3,(H,14,16). The summed E-state index contributed by atoms with van der Waals surface area (Å²) in [5.41, 5.74) is 1.06. The molecular formula is C13H22N4. The minimum absolute atomic E-state index is 0.759. The lowest BCUT2D eigenvalue weighted by molar-refractivity contribution is 0.151. The Bertz CT molecular complexity index is 332. The average Bonchev–Trinajstić information content (AvgIpc) is 2.26. The molecule has 1 saturated carbocycles. The molecule has 1 N–H and O–H groups in total. The monoisotopic (exact) mass is 234 g/mol. The largest absolute Gasteiger partial charge is 0.369 e. The molecule has 1 aromatic rings. The van der Waals surface area contributed by atoms with Crippen LogP contribution in [0, 0.1) is 0 Å². The molecule has 1 aliphatic rings. The number of hydrogen-bond acceptors (Lipinski definition) is 4. The third-order valence-electron chi connectivity index (χ3n) is 3.37. The molecule has 1 aliphatic carbocycles. The number of anilines is 1. The van der Waals surface area contributed by atoms with Crippen molar-refractivity contribution in [3.63, 3.8) is 0 Å². The third-order valence-corrected chi connectivity index (χ3v) is 3.37. The van der Waals surface area contributed by atoms with E-state index in [4.69, 9.17) is 0 Å². The van der Waals surface area contributed by atoms with Gasteiger partial charge in [0.1, 0.15) is 5.82 Å². The van der Waals surface area contributed by atoms with Crippen LogP contribution >= 0.6 is 0 Å². The summed E-state index contributed by atoms with van der Waals surface area (Å²) in [6.07, 6.45) is 8.86. The van der Waals surface area contributed by atoms with E-state index in [-0.39, 0.29) is 0 Å². The van der Waals surface area contributed by atoms with Crippen molar-refractivity contribution in [1.82, 2.24) is 14.9 Å². The van der Waals surface area contributed by atoms with Crippen molar-refractivity contribution in [2.45, 2.75) is 45.2 Å². The second kappa shape index (κ2) is 5.96. The molecule has 0 saturated heterocycles. The number of nitrogens with one attached hydrogen (secondary N) is 1. The van der Waals surface area contributed by atoms with Gasteiger partial charge >= 0.3 is 0 Å². The highest BCUT2D eigenvalue weighted by Crippen LogP contribution is 2.24. The summed E-state index contributed by atoms with van der Waals surface area (Å²) in [7, 11) is 2.18. The Morgan fingerprint density at radius 1 is 1.35 bits per heavy atom. The topological polar surface area (TPSA) is 41.1 Å². The average molecular weight is 234 g/mol. The molecule has 0 unspecified atom stereocenters. The van der Waals surface area contributed by atoms with E-state index in [9.17, 15) is 0 Å². The SMILES string of the molecule is CCCNc1cnc(CN(C)C2CCC2)cn1. The molecule has 0 bridgehead atoms. The maximum absolute atomic E-state index is 4.45. The number of aromatic nitrogens is 2. The Morgan fingerprint density at radius 2 is 2.18 bits per heavy atom. The molecule has 0 aliphatic heterocycles. The maximum atomic E-state index is 4.45. The van der Waals surface area contributed by atoms with Gasteiger partial charge in [-0.3, -0.25) is 9.88 Å². The van der Waals surface area contributed by atoms with Gasteiger partial charge < -0.3 is 5.32 Å². The highest BCUT2D eigenvalue weighted by Gasteiger charge is 2.21. The van der Waals surface area contributed by atoms with E-state index in [2.05, 4.69) is 34.2 Å². The zero-order chi connectivity index (χ0) is 12.1. The second-order valence-corrected chi connectivity index (χ2v) is 4.82. The Labute approximate surface area is 103 Å². The molecule has 2 rings (SSSR count). The van der Waals surface area contributed by atoms with Crippen molar-refractivity contribution in [2.75, 3.05) is 18.9 Å². The molecule has 1 fully saturated rings. The minimum Gasteiger partial charge on any atom is -0.369 e. The summed E-state index contributed by atoms with van der Waals surface area (Å²) in [6.45, 7) is 4.00. The molecule has 0 atom stereocenters. The van der Waals surface area contributed by atoms with Crippen LogP contribution < -0.4 is 5.32 Å². The summed E-state index contributed by atoms with van der Waals surface area (Å²) in [6, 6.07) is 0.759. The van der Waals surface area contributed by atoms with Crippen LogP contribution in [0.25, 0.3) is 0 Å². The van der Waals surface area contributed by atoms with E-state index in [1.54, 1.807) is 0 Å². The lowest BCUT2D eigenvalue weighted by Crippen LogP contribution is -2.36. The summed E-state index contributed by atoms with van der Waals surface area (Å²) >= 11 is 0. The molecule has 4 heteroatoms. The van der Waals surface area contributed by atoms with Crippen LogP contribution in [0.4, 0.5) is 5.82 Å². The fraction of sp³-hybridized carbons (Fsp3) is 0.692. The number of nitrogens with zero attached hydrogens (tertiary/aromatic N) is 3. The molecule has 4 nitrogen and oxygen atoms in total. The van der Waals surface area contributed by atoms with Crippen molar-refractivity contribution >= 4 is 5.82 Å². The van der Waals surface area contributed by atoms with Gasteiger partial charge in [-0.25, -0.2) is 4.98 Å². The second-order valence-electron chi connectivity index (χ2n) is 4.82. The van der Waals surface area contributed by atoms with Crippen molar-refractivity contribution in [3.05, 3.63) is 18.1 Å². The molecule has 0 amide bonds. The summed E-state index contributed by atoms with van der Waals surface area (Å²) in [5, 5.41) is 3.23. The van der Waals surface area contributed by atoms with Gasteiger partial charge in [0.05, 0.1) is 18.1 Å². The van der Waals surface area contributed by atoms with E-state index in [1.165, 1.54) is 19.3 Å². The van der Waals surface area contributed by atoms with Crippen LogP contribution in [0.5, 0.6) is 0 Å². The smallest absolute Gasteiger partial charge is 0.144 e. The Kier molecular flexibility index (Phi) is 4.31. The molecule has 1 heterocycles. The Balaban J connectivity index is 1.84. The van der Waals surface area contributed by atoms with Crippen LogP contribution in [0.1, 0.15) is 38.3 Å². The molecule has 1 aromatic heterocycles. The maximum Gasteiger partial charge on any atom is 0.144 e. The van der Waals surface area contributed by atoms with Crippen LogP contribution in [-0.2, 0) is 6.54 Å². The van der Waals surface area contributed by atoms with E-state index < -0.39 is 0 Å². The highest BCUT2D eigenvalue weighted by molar-refractivity contribution is 5.30. The lowest BCUT2D eigenvalue weighted by Gasteiger charge is -2.34. The quantitative estimate of drug-likeness (QED) is 0.820. The van der Waals surface area contributed by atoms with Gasteiger partial charge in [-0.2, -0.15) is 0 Å². The van der Waals surface area contributed by atoms with Crippen molar-refractivity contribution < 1.29 is 0 Å². The molecule has 0 aromatic carbocycles. The van der Waals surface area contributed by atoms with Crippen molar-refractivity contribution in [2.24, 2.45) is 0 Å². The van der Waals surface area contributed by atoms with E-state index >= 15 is 0 Å². The molecule has 94 valence electrons. The van der Waals surface area contributed by atoms with Crippen LogP contribution in [0.15, 0.2) is 12.4 Å². The van der Waals surface area contributed by atoms with Crippen LogP contribution in [-0.4, -0.2) is 34.5 Å². The summed E-state index contributed by atoms with van der Waals surface area (Å²) < 4.78 is 0. The van der Waals surface area contributed by atoms with Gasteiger partial charge in [0, 0.05) is 19.1 Å². The van der Waals surface area contributed by atoms with Crippen molar-refractivity contribution in [3.8, 4) is 0 Å². The molecular weight excluding hydrogens is 212 g/mol. The summed E-state index contributed by atoms with van der Waals surface area (Å²) in [4.78, 5) is 11.2. The van der Waals surface area contributed by atoms with Crippen LogP contribution in [0.2, 0.25) is 0 Å². The number of hydrogen-bond donors (Lipinski definition) is 1. The third kappa shape index (κ3) is 3.40. The highest BCUT2D eigenvalue weighted by atomic mass is 15.1. The first-order chi connectivity index (χ1) is 8.29. The first-order valence-electron chi connectivity index (χ1n) is 6.54. The van der Waals surface area contributed by atoms with Crippen molar-refractivity contribution in [1.29, 1.82) is 0 Å². The Hall–Kier alpha value is -1.16. The Morgan fingerprint density at radius 3 is 2.71 bits per heavy atom. The predicted octanol–water partition coefficient (Wildman–Crippen LogP) is 2.28.